The molecule has 1 fully saturated rings. The van der Waals surface area contributed by atoms with Crippen LogP contribution in [0.4, 0.5) is 5.69 Å². The Bertz CT molecular complexity index is 681. The molecule has 1 N–H and O–H groups in total. The summed E-state index contributed by atoms with van der Waals surface area (Å²) >= 11 is 6.12. The number of benzene rings is 2. The summed E-state index contributed by atoms with van der Waals surface area (Å²) in [6, 6.07) is 16.9. The highest BCUT2D eigenvalue weighted by Crippen LogP contribution is 2.19. The van der Waals surface area contributed by atoms with E-state index in [1.165, 1.54) is 30.5 Å². The van der Waals surface area contributed by atoms with Gasteiger partial charge in [-0.25, -0.2) is 0 Å². The molecule has 2 aromatic rings. The fourth-order valence-corrected chi connectivity index (χ4v) is 3.83. The Morgan fingerprint density at radius 3 is 2.48 bits per heavy atom. The van der Waals surface area contributed by atoms with Gasteiger partial charge in [-0.2, -0.15) is 0 Å². The van der Waals surface area contributed by atoms with Crippen molar-refractivity contribution in [3.05, 3.63) is 59.1 Å². The van der Waals surface area contributed by atoms with Crippen LogP contribution in [-0.4, -0.2) is 32.8 Å². The van der Waals surface area contributed by atoms with Crippen molar-refractivity contribution < 1.29 is 9.64 Å². The molecule has 4 heteroatoms. The standard InChI is InChI=1S/C23H31ClN2O/c1-2-3-4-5-17-27-23-11-9-20(10-12-23)19-25-13-15-26(16-14-25)22-8-6-7-21(24)18-22/h6-12,18H,2-5,13-17,19H2,1H3/p+1. The number of halogens is 1. The van der Waals surface area contributed by atoms with Crippen molar-refractivity contribution in [2.45, 2.75) is 39.2 Å². The van der Waals surface area contributed by atoms with E-state index in [-0.39, 0.29) is 0 Å². The Hall–Kier alpha value is -1.71. The topological polar surface area (TPSA) is 16.9 Å². The monoisotopic (exact) mass is 387 g/mol. The molecule has 0 amide bonds. The van der Waals surface area contributed by atoms with Crippen LogP contribution >= 0.6 is 11.6 Å². The minimum absolute atomic E-state index is 0.815. The first kappa shape index (κ1) is 20.0. The van der Waals surface area contributed by atoms with Crippen molar-refractivity contribution >= 4 is 17.3 Å². The minimum Gasteiger partial charge on any atom is -0.494 e. The van der Waals surface area contributed by atoms with Crippen LogP contribution in [0.25, 0.3) is 0 Å². The first-order valence-electron chi connectivity index (χ1n) is 10.3. The molecular formula is C23H32ClN2O+. The molecule has 3 rings (SSSR count). The Labute approximate surface area is 168 Å². The lowest BCUT2D eigenvalue weighted by Crippen LogP contribution is -3.13. The van der Waals surface area contributed by atoms with Gasteiger partial charge in [0, 0.05) is 16.3 Å². The Kier molecular flexibility index (Phi) is 7.85. The van der Waals surface area contributed by atoms with E-state index in [2.05, 4.69) is 48.2 Å². The number of hydrogen-bond acceptors (Lipinski definition) is 2. The highest BCUT2D eigenvalue weighted by molar-refractivity contribution is 6.30. The summed E-state index contributed by atoms with van der Waals surface area (Å²) in [6.07, 6.45) is 4.98. The average Bonchev–Trinajstić information content (AvgIpc) is 2.70. The molecule has 1 aliphatic heterocycles. The SMILES string of the molecule is CCCCCCOc1ccc(C[NH+]2CCN(c3cccc(Cl)c3)CC2)cc1. The molecular weight excluding hydrogens is 356 g/mol. The number of quaternary nitrogens is 1. The summed E-state index contributed by atoms with van der Waals surface area (Å²) in [5, 5.41) is 0.815. The zero-order chi connectivity index (χ0) is 18.9. The molecule has 0 aromatic heterocycles. The second-order valence-corrected chi connectivity index (χ2v) is 7.88. The van der Waals surface area contributed by atoms with Crippen molar-refractivity contribution in [2.75, 3.05) is 37.7 Å². The van der Waals surface area contributed by atoms with Crippen LogP contribution in [-0.2, 0) is 6.54 Å². The fraction of sp³-hybridized carbons (Fsp3) is 0.478. The Morgan fingerprint density at radius 1 is 1.00 bits per heavy atom. The van der Waals surface area contributed by atoms with Crippen LogP contribution in [0.15, 0.2) is 48.5 Å². The maximum absolute atomic E-state index is 6.12. The van der Waals surface area contributed by atoms with E-state index >= 15 is 0 Å². The van der Waals surface area contributed by atoms with Crippen molar-refractivity contribution in [1.82, 2.24) is 0 Å². The highest BCUT2D eigenvalue weighted by atomic mass is 35.5. The molecule has 0 saturated carbocycles. The summed E-state index contributed by atoms with van der Waals surface area (Å²) < 4.78 is 5.85. The van der Waals surface area contributed by atoms with Crippen LogP contribution in [0.5, 0.6) is 5.75 Å². The molecule has 1 heterocycles. The maximum atomic E-state index is 6.12. The van der Waals surface area contributed by atoms with Gasteiger partial charge in [0.2, 0.25) is 0 Å². The molecule has 0 atom stereocenters. The van der Waals surface area contributed by atoms with Crippen molar-refractivity contribution in [3.63, 3.8) is 0 Å². The van der Waals surface area contributed by atoms with E-state index in [4.69, 9.17) is 16.3 Å². The van der Waals surface area contributed by atoms with Crippen molar-refractivity contribution in [3.8, 4) is 5.75 Å². The summed E-state index contributed by atoms with van der Waals surface area (Å²) in [7, 11) is 0. The molecule has 0 bridgehead atoms. The van der Waals surface area contributed by atoms with Gasteiger partial charge in [0.05, 0.1) is 32.8 Å². The molecule has 0 radical (unpaired) electrons. The zero-order valence-electron chi connectivity index (χ0n) is 16.4. The van der Waals surface area contributed by atoms with E-state index in [0.717, 1.165) is 56.5 Å². The van der Waals surface area contributed by atoms with Gasteiger partial charge in [-0.15, -0.1) is 0 Å². The molecule has 0 aliphatic carbocycles. The van der Waals surface area contributed by atoms with Crippen LogP contribution in [0.2, 0.25) is 5.02 Å². The fourth-order valence-electron chi connectivity index (χ4n) is 3.64. The number of unbranched alkanes of at least 4 members (excludes halogenated alkanes) is 3. The average molecular weight is 388 g/mol. The third-order valence-electron chi connectivity index (χ3n) is 5.29. The molecule has 2 aromatic carbocycles. The molecule has 27 heavy (non-hydrogen) atoms. The van der Waals surface area contributed by atoms with Gasteiger partial charge in [0.15, 0.2) is 0 Å². The van der Waals surface area contributed by atoms with Gasteiger partial charge in [0.1, 0.15) is 12.3 Å². The molecule has 146 valence electrons. The molecule has 1 saturated heterocycles. The number of nitrogens with zero attached hydrogens (tertiary/aromatic N) is 1. The van der Waals surface area contributed by atoms with E-state index in [9.17, 15) is 0 Å². The maximum Gasteiger partial charge on any atom is 0.119 e. The lowest BCUT2D eigenvalue weighted by molar-refractivity contribution is -0.914. The normalized spacial score (nSPS) is 15.1. The van der Waals surface area contributed by atoms with Crippen LogP contribution in [0.1, 0.15) is 38.2 Å². The minimum atomic E-state index is 0.815. The van der Waals surface area contributed by atoms with Gasteiger partial charge in [-0.3, -0.25) is 0 Å². The molecule has 1 aliphatic rings. The van der Waals surface area contributed by atoms with Crippen LogP contribution in [0, 0.1) is 0 Å². The smallest absolute Gasteiger partial charge is 0.119 e. The number of ether oxygens (including phenoxy) is 1. The summed E-state index contributed by atoms with van der Waals surface area (Å²) in [5.74, 6) is 0.996. The first-order chi connectivity index (χ1) is 13.2. The lowest BCUT2D eigenvalue weighted by atomic mass is 10.2. The second-order valence-electron chi connectivity index (χ2n) is 7.45. The van der Waals surface area contributed by atoms with Gasteiger partial charge in [-0.1, -0.05) is 43.9 Å². The third-order valence-corrected chi connectivity index (χ3v) is 5.52. The van der Waals surface area contributed by atoms with E-state index < -0.39 is 0 Å². The Morgan fingerprint density at radius 2 is 1.78 bits per heavy atom. The van der Waals surface area contributed by atoms with E-state index in [0.29, 0.717) is 0 Å². The van der Waals surface area contributed by atoms with Crippen molar-refractivity contribution in [1.29, 1.82) is 0 Å². The molecule has 0 unspecified atom stereocenters. The molecule has 3 nitrogen and oxygen atoms in total. The summed E-state index contributed by atoms with van der Waals surface area (Å²) in [4.78, 5) is 4.08. The number of rotatable bonds is 9. The largest absolute Gasteiger partial charge is 0.494 e. The summed E-state index contributed by atoms with van der Waals surface area (Å²) in [5.41, 5.74) is 2.63. The number of piperazine rings is 1. The second kappa shape index (κ2) is 10.6. The number of anilines is 1. The van der Waals surface area contributed by atoms with Crippen molar-refractivity contribution in [2.24, 2.45) is 0 Å². The van der Waals surface area contributed by atoms with E-state index in [1.807, 2.05) is 12.1 Å². The lowest BCUT2D eigenvalue weighted by Gasteiger charge is -2.33. The van der Waals surface area contributed by atoms with Gasteiger partial charge in [0.25, 0.3) is 0 Å². The van der Waals surface area contributed by atoms with Crippen LogP contribution < -0.4 is 14.5 Å². The Balaban J connectivity index is 1.41. The van der Waals surface area contributed by atoms with Crippen LogP contribution in [0.3, 0.4) is 0 Å². The quantitative estimate of drug-likeness (QED) is 0.649. The van der Waals surface area contributed by atoms with Gasteiger partial charge >= 0.3 is 0 Å². The summed E-state index contributed by atoms with van der Waals surface area (Å²) in [6.45, 7) is 8.61. The number of nitrogens with one attached hydrogen (secondary N) is 1. The van der Waals surface area contributed by atoms with E-state index in [1.54, 1.807) is 4.90 Å². The predicted molar refractivity (Wildman–Crippen MR) is 114 cm³/mol. The first-order valence-corrected chi connectivity index (χ1v) is 10.7. The van der Waals surface area contributed by atoms with Gasteiger partial charge in [-0.05, 0) is 48.9 Å². The third kappa shape index (κ3) is 6.44. The number of hydrogen-bond donors (Lipinski definition) is 1. The zero-order valence-corrected chi connectivity index (χ0v) is 17.2. The van der Waals surface area contributed by atoms with Gasteiger partial charge < -0.3 is 14.5 Å². The molecule has 0 spiro atoms. The highest BCUT2D eigenvalue weighted by Gasteiger charge is 2.20. The predicted octanol–water partition coefficient (Wildman–Crippen LogP) is 4.20.